The highest BCUT2D eigenvalue weighted by Crippen LogP contribution is 2.50. The summed E-state index contributed by atoms with van der Waals surface area (Å²) >= 11 is 0. The van der Waals surface area contributed by atoms with E-state index in [1.165, 1.54) is 31.6 Å². The Morgan fingerprint density at radius 2 is 2.06 bits per heavy atom. The SMILES string of the molecule is COc1cc(-c2cc(C(=O)N3CCC(C(=O)NCc4ncc(C#N)cn4)CC34CC4)[nH]n2)c(F)cn1. The van der Waals surface area contributed by atoms with Crippen molar-refractivity contribution in [3.63, 3.8) is 0 Å². The van der Waals surface area contributed by atoms with Gasteiger partial charge in [0.2, 0.25) is 11.8 Å². The van der Waals surface area contributed by atoms with Gasteiger partial charge in [0.25, 0.3) is 5.91 Å². The second-order valence-corrected chi connectivity index (χ2v) is 8.96. The number of piperidine rings is 1. The first kappa shape index (κ1) is 23.3. The van der Waals surface area contributed by atoms with Crippen molar-refractivity contribution in [1.82, 2.24) is 35.4 Å². The van der Waals surface area contributed by atoms with E-state index in [2.05, 4.69) is 30.5 Å². The molecule has 11 nitrogen and oxygen atoms in total. The largest absolute Gasteiger partial charge is 0.481 e. The van der Waals surface area contributed by atoms with Crippen LogP contribution < -0.4 is 10.1 Å². The van der Waals surface area contributed by atoms with Crippen LogP contribution in [0.15, 0.2) is 30.7 Å². The van der Waals surface area contributed by atoms with Crippen molar-refractivity contribution < 1.29 is 18.7 Å². The first-order chi connectivity index (χ1) is 17.4. The molecule has 36 heavy (non-hydrogen) atoms. The number of hydrogen-bond donors (Lipinski definition) is 2. The summed E-state index contributed by atoms with van der Waals surface area (Å²) in [6.07, 6.45) is 6.60. The molecular formula is C24H23FN8O3. The molecular weight excluding hydrogens is 467 g/mol. The molecule has 1 atom stereocenters. The number of carbonyl (C=O) groups excluding carboxylic acids is 2. The molecule has 0 radical (unpaired) electrons. The Hall–Kier alpha value is -4.40. The van der Waals surface area contributed by atoms with Crippen LogP contribution in [0, 0.1) is 23.1 Å². The fourth-order valence-corrected chi connectivity index (χ4v) is 4.61. The van der Waals surface area contributed by atoms with E-state index in [4.69, 9.17) is 10.00 Å². The molecule has 1 unspecified atom stereocenters. The Morgan fingerprint density at radius 3 is 2.75 bits per heavy atom. The fraction of sp³-hybridized carbons (Fsp3) is 0.375. The number of likely N-dealkylation sites (tertiary alicyclic amines) is 1. The number of nitrogens with one attached hydrogen (secondary N) is 2. The fourth-order valence-electron chi connectivity index (χ4n) is 4.61. The molecule has 3 aromatic heterocycles. The highest BCUT2D eigenvalue weighted by molar-refractivity contribution is 5.94. The van der Waals surface area contributed by atoms with Crippen molar-refractivity contribution >= 4 is 11.8 Å². The van der Waals surface area contributed by atoms with Crippen LogP contribution in [0.3, 0.4) is 0 Å². The van der Waals surface area contributed by atoms with Crippen molar-refractivity contribution in [1.29, 1.82) is 5.26 Å². The van der Waals surface area contributed by atoms with E-state index in [0.717, 1.165) is 19.0 Å². The maximum absolute atomic E-state index is 14.3. The van der Waals surface area contributed by atoms with Crippen molar-refractivity contribution in [2.75, 3.05) is 13.7 Å². The van der Waals surface area contributed by atoms with E-state index in [1.807, 2.05) is 6.07 Å². The molecule has 3 aromatic rings. The number of rotatable bonds is 6. The summed E-state index contributed by atoms with van der Waals surface area (Å²) in [6.45, 7) is 0.597. The Balaban J connectivity index is 1.23. The van der Waals surface area contributed by atoms with Crippen LogP contribution in [0.4, 0.5) is 4.39 Å². The topological polar surface area (TPSA) is 150 Å². The van der Waals surface area contributed by atoms with Crippen LogP contribution >= 0.6 is 0 Å². The van der Waals surface area contributed by atoms with E-state index in [1.54, 1.807) is 4.90 Å². The summed E-state index contributed by atoms with van der Waals surface area (Å²) in [6, 6.07) is 4.90. The standard InChI is InChI=1S/C24H23FN8O3/c1-36-21-6-16(17(25)12-29-21)18-7-19(32-31-18)23(35)33-5-2-15(8-24(33)3-4-24)22(34)30-13-20-27-10-14(9-26)11-28-20/h6-7,10-12,15H,2-5,8,13H2,1H3,(H,30,34)(H,31,32). The molecule has 2 N–H and O–H groups in total. The minimum atomic E-state index is -0.571. The van der Waals surface area contributed by atoms with Gasteiger partial charge in [0.05, 0.1) is 31.1 Å². The molecule has 2 amide bonds. The van der Waals surface area contributed by atoms with E-state index in [-0.39, 0.29) is 52.6 Å². The van der Waals surface area contributed by atoms with Gasteiger partial charge < -0.3 is 15.0 Å². The van der Waals surface area contributed by atoms with E-state index in [0.29, 0.717) is 30.8 Å². The first-order valence-corrected chi connectivity index (χ1v) is 11.5. The monoisotopic (exact) mass is 490 g/mol. The molecule has 1 spiro atoms. The average Bonchev–Trinajstić information content (AvgIpc) is 3.48. The third kappa shape index (κ3) is 4.47. The average molecular weight is 490 g/mol. The number of aromatic amines is 1. The lowest BCUT2D eigenvalue weighted by Gasteiger charge is -2.39. The van der Waals surface area contributed by atoms with Gasteiger partial charge in [-0.2, -0.15) is 10.4 Å². The molecule has 0 aromatic carbocycles. The number of aromatic nitrogens is 5. The summed E-state index contributed by atoms with van der Waals surface area (Å²) in [7, 11) is 1.43. The number of nitriles is 1. The number of pyridine rings is 1. The van der Waals surface area contributed by atoms with Gasteiger partial charge in [0.15, 0.2) is 5.82 Å². The molecule has 2 aliphatic rings. The molecule has 1 saturated carbocycles. The van der Waals surface area contributed by atoms with E-state index < -0.39 is 5.82 Å². The predicted octanol–water partition coefficient (Wildman–Crippen LogP) is 1.98. The number of methoxy groups -OCH3 is 1. The highest BCUT2D eigenvalue weighted by Gasteiger charge is 2.54. The maximum Gasteiger partial charge on any atom is 0.272 e. The molecule has 184 valence electrons. The molecule has 1 aliphatic heterocycles. The van der Waals surface area contributed by atoms with Crippen LogP contribution in [0.5, 0.6) is 5.88 Å². The molecule has 1 aliphatic carbocycles. The lowest BCUT2D eigenvalue weighted by atomic mass is 9.88. The summed E-state index contributed by atoms with van der Waals surface area (Å²) in [5, 5.41) is 18.6. The third-order valence-corrected chi connectivity index (χ3v) is 6.72. The minimum absolute atomic E-state index is 0.104. The van der Waals surface area contributed by atoms with E-state index >= 15 is 0 Å². The van der Waals surface area contributed by atoms with Gasteiger partial charge in [-0.1, -0.05) is 0 Å². The smallest absolute Gasteiger partial charge is 0.272 e. The summed E-state index contributed by atoms with van der Waals surface area (Å²) in [5.74, 6) is -0.465. The summed E-state index contributed by atoms with van der Waals surface area (Å²) < 4.78 is 19.3. The lowest BCUT2D eigenvalue weighted by molar-refractivity contribution is -0.127. The first-order valence-electron chi connectivity index (χ1n) is 11.5. The van der Waals surface area contributed by atoms with Crippen LogP contribution in [-0.2, 0) is 11.3 Å². The number of H-pyrrole nitrogens is 1. The van der Waals surface area contributed by atoms with E-state index in [9.17, 15) is 14.0 Å². The van der Waals surface area contributed by atoms with Gasteiger partial charge >= 0.3 is 0 Å². The second kappa shape index (κ2) is 9.33. The second-order valence-electron chi connectivity index (χ2n) is 8.96. The summed E-state index contributed by atoms with van der Waals surface area (Å²) in [4.78, 5) is 39.9. The van der Waals surface area contributed by atoms with Crippen molar-refractivity contribution in [3.8, 4) is 23.2 Å². The van der Waals surface area contributed by atoms with Gasteiger partial charge in [-0.15, -0.1) is 0 Å². The molecule has 1 saturated heterocycles. The van der Waals surface area contributed by atoms with Crippen LogP contribution in [0.2, 0.25) is 0 Å². The number of amides is 2. The zero-order chi connectivity index (χ0) is 25.3. The van der Waals surface area contributed by atoms with Gasteiger partial charge in [-0.25, -0.2) is 19.3 Å². The maximum atomic E-state index is 14.3. The van der Waals surface area contributed by atoms with Crippen LogP contribution in [0.1, 0.15) is 47.6 Å². The van der Waals surface area contributed by atoms with Gasteiger partial charge in [-0.05, 0) is 31.7 Å². The Morgan fingerprint density at radius 1 is 1.28 bits per heavy atom. The van der Waals surface area contributed by atoms with Crippen LogP contribution in [-0.4, -0.2) is 61.1 Å². The molecule has 4 heterocycles. The molecule has 0 bridgehead atoms. The third-order valence-electron chi connectivity index (χ3n) is 6.72. The van der Waals surface area contributed by atoms with Gasteiger partial charge in [0.1, 0.15) is 17.6 Å². The van der Waals surface area contributed by atoms with Crippen molar-refractivity contribution in [2.24, 2.45) is 5.92 Å². The highest BCUT2D eigenvalue weighted by atomic mass is 19.1. The van der Waals surface area contributed by atoms with Crippen molar-refractivity contribution in [3.05, 3.63) is 53.6 Å². The van der Waals surface area contributed by atoms with Crippen LogP contribution in [0.25, 0.3) is 11.3 Å². The quantitative estimate of drug-likeness (QED) is 0.533. The molecule has 2 fully saturated rings. The number of halogens is 1. The molecule has 12 heteroatoms. The normalized spacial score (nSPS) is 17.9. The van der Waals surface area contributed by atoms with Crippen molar-refractivity contribution in [2.45, 2.75) is 37.8 Å². The lowest BCUT2D eigenvalue weighted by Crippen LogP contribution is -2.50. The Bertz CT molecular complexity index is 1350. The zero-order valence-corrected chi connectivity index (χ0v) is 19.5. The van der Waals surface area contributed by atoms with Gasteiger partial charge in [-0.3, -0.25) is 14.7 Å². The number of nitrogens with zero attached hydrogens (tertiary/aromatic N) is 6. The van der Waals surface area contributed by atoms with Gasteiger partial charge in [0, 0.05) is 42.0 Å². The molecule has 5 rings (SSSR count). The predicted molar refractivity (Wildman–Crippen MR) is 123 cm³/mol. The number of ether oxygens (including phenoxy) is 1. The number of hydrogen-bond acceptors (Lipinski definition) is 8. The minimum Gasteiger partial charge on any atom is -0.481 e. The Labute approximate surface area is 205 Å². The Kier molecular flexibility index (Phi) is 6.05. The summed E-state index contributed by atoms with van der Waals surface area (Å²) in [5.41, 5.74) is 0.708. The zero-order valence-electron chi connectivity index (χ0n) is 19.5. The number of carbonyl (C=O) groups is 2.